The Morgan fingerprint density at radius 3 is 2.68 bits per heavy atom. The fraction of sp³-hybridized carbons (Fsp3) is 0.333. The van der Waals surface area contributed by atoms with Gasteiger partial charge in [0.25, 0.3) is 5.91 Å². The van der Waals surface area contributed by atoms with Crippen molar-refractivity contribution in [3.05, 3.63) is 35.0 Å². The van der Waals surface area contributed by atoms with Gasteiger partial charge in [0.15, 0.2) is 0 Å². The summed E-state index contributed by atoms with van der Waals surface area (Å²) in [7, 11) is 0. The third-order valence-corrected chi connectivity index (χ3v) is 4.93. The van der Waals surface area contributed by atoms with Crippen molar-refractivity contribution >= 4 is 33.3 Å². The SMILES string of the molecule is O=C(NC1(C(=O)O)CCOCC1)c1cc2cc(F)ccc2s1. The first-order valence-electron chi connectivity index (χ1n) is 6.83. The summed E-state index contributed by atoms with van der Waals surface area (Å²) in [4.78, 5) is 24.3. The van der Waals surface area contributed by atoms with Gasteiger partial charge >= 0.3 is 5.97 Å². The molecule has 0 aliphatic carbocycles. The Balaban J connectivity index is 1.86. The first kappa shape index (κ1) is 14.9. The van der Waals surface area contributed by atoms with Crippen LogP contribution in [0.3, 0.4) is 0 Å². The summed E-state index contributed by atoms with van der Waals surface area (Å²) in [5.41, 5.74) is -1.29. The lowest BCUT2D eigenvalue weighted by Gasteiger charge is -2.33. The van der Waals surface area contributed by atoms with Crippen LogP contribution in [-0.2, 0) is 9.53 Å². The number of amides is 1. The largest absolute Gasteiger partial charge is 0.480 e. The van der Waals surface area contributed by atoms with E-state index in [0.717, 1.165) is 4.70 Å². The van der Waals surface area contributed by atoms with Crippen molar-refractivity contribution in [2.24, 2.45) is 0 Å². The molecule has 0 atom stereocenters. The summed E-state index contributed by atoms with van der Waals surface area (Å²) < 4.78 is 19.1. The molecule has 0 spiro atoms. The fourth-order valence-electron chi connectivity index (χ4n) is 2.52. The Kier molecular flexibility index (Phi) is 3.84. The second-order valence-electron chi connectivity index (χ2n) is 5.25. The summed E-state index contributed by atoms with van der Waals surface area (Å²) in [6.07, 6.45) is 0.460. The average Bonchev–Trinajstić information content (AvgIpc) is 2.91. The predicted octanol–water partition coefficient (Wildman–Crippen LogP) is 2.40. The standard InChI is InChI=1S/C15H14FNO4S/c16-10-1-2-11-9(7-10)8-12(22-11)13(18)17-15(14(19)20)3-5-21-6-4-15/h1-2,7-8H,3-6H2,(H,17,18)(H,19,20). The van der Waals surface area contributed by atoms with Gasteiger partial charge in [-0.15, -0.1) is 11.3 Å². The maximum atomic E-state index is 13.2. The molecule has 2 N–H and O–H groups in total. The van der Waals surface area contributed by atoms with E-state index in [-0.39, 0.29) is 18.7 Å². The van der Waals surface area contributed by atoms with E-state index >= 15 is 0 Å². The van der Waals surface area contributed by atoms with Crippen molar-refractivity contribution in [1.82, 2.24) is 5.32 Å². The number of nitrogens with one attached hydrogen (secondary N) is 1. The summed E-state index contributed by atoms with van der Waals surface area (Å²) in [6.45, 7) is 0.592. The molecule has 0 unspecified atom stereocenters. The zero-order valence-electron chi connectivity index (χ0n) is 11.6. The monoisotopic (exact) mass is 323 g/mol. The molecule has 0 saturated carbocycles. The van der Waals surface area contributed by atoms with Gasteiger partial charge in [-0.05, 0) is 29.7 Å². The number of ether oxygens (including phenoxy) is 1. The lowest BCUT2D eigenvalue weighted by molar-refractivity contribution is -0.148. The summed E-state index contributed by atoms with van der Waals surface area (Å²) in [5, 5.41) is 12.7. The van der Waals surface area contributed by atoms with Crippen LogP contribution >= 0.6 is 11.3 Å². The second kappa shape index (κ2) is 5.66. The highest BCUT2D eigenvalue weighted by molar-refractivity contribution is 7.20. The lowest BCUT2D eigenvalue weighted by atomic mass is 9.90. The Labute approximate surface area is 129 Å². The number of carbonyl (C=O) groups is 2. The molecule has 1 fully saturated rings. The zero-order valence-corrected chi connectivity index (χ0v) is 12.4. The number of fused-ring (bicyclic) bond motifs is 1. The minimum Gasteiger partial charge on any atom is -0.480 e. The van der Waals surface area contributed by atoms with E-state index in [0.29, 0.717) is 23.5 Å². The van der Waals surface area contributed by atoms with Crippen molar-refractivity contribution in [2.75, 3.05) is 13.2 Å². The van der Waals surface area contributed by atoms with Crippen LogP contribution in [0.1, 0.15) is 22.5 Å². The molecule has 1 aliphatic heterocycles. The predicted molar refractivity (Wildman–Crippen MR) is 79.7 cm³/mol. The molecule has 5 nitrogen and oxygen atoms in total. The topological polar surface area (TPSA) is 75.6 Å². The number of halogens is 1. The smallest absolute Gasteiger partial charge is 0.329 e. The quantitative estimate of drug-likeness (QED) is 0.909. The number of carbonyl (C=O) groups excluding carboxylic acids is 1. The molecule has 1 amide bonds. The second-order valence-corrected chi connectivity index (χ2v) is 6.33. The molecule has 116 valence electrons. The van der Waals surface area contributed by atoms with Crippen LogP contribution in [0.5, 0.6) is 0 Å². The first-order valence-corrected chi connectivity index (χ1v) is 7.65. The highest BCUT2D eigenvalue weighted by Gasteiger charge is 2.41. The van der Waals surface area contributed by atoms with Crippen molar-refractivity contribution in [2.45, 2.75) is 18.4 Å². The minimum atomic E-state index is -1.29. The number of carboxylic acid groups (broad SMARTS) is 1. The molecular formula is C15H14FNO4S. The number of hydrogen-bond donors (Lipinski definition) is 2. The number of aliphatic carboxylic acids is 1. The van der Waals surface area contributed by atoms with E-state index < -0.39 is 17.4 Å². The van der Waals surface area contributed by atoms with Crippen LogP contribution in [0.15, 0.2) is 24.3 Å². The van der Waals surface area contributed by atoms with Gasteiger partial charge in [-0.3, -0.25) is 4.79 Å². The third-order valence-electron chi connectivity index (χ3n) is 3.81. The Hall–Kier alpha value is -1.99. The Morgan fingerprint density at radius 2 is 2.00 bits per heavy atom. The van der Waals surface area contributed by atoms with Gasteiger partial charge in [0.05, 0.1) is 4.88 Å². The van der Waals surface area contributed by atoms with Gasteiger partial charge in [-0.1, -0.05) is 0 Å². The van der Waals surface area contributed by atoms with Crippen LogP contribution in [0.25, 0.3) is 10.1 Å². The van der Waals surface area contributed by atoms with Crippen LogP contribution in [0.4, 0.5) is 4.39 Å². The van der Waals surface area contributed by atoms with Crippen LogP contribution in [0, 0.1) is 5.82 Å². The van der Waals surface area contributed by atoms with Crippen molar-refractivity contribution in [3.63, 3.8) is 0 Å². The van der Waals surface area contributed by atoms with Gasteiger partial charge in [-0.2, -0.15) is 0 Å². The molecule has 22 heavy (non-hydrogen) atoms. The number of carboxylic acids is 1. The molecular weight excluding hydrogens is 309 g/mol. The molecule has 2 heterocycles. The van der Waals surface area contributed by atoms with Crippen LogP contribution in [0.2, 0.25) is 0 Å². The molecule has 7 heteroatoms. The lowest BCUT2D eigenvalue weighted by Crippen LogP contribution is -2.57. The molecule has 3 rings (SSSR count). The van der Waals surface area contributed by atoms with E-state index in [9.17, 15) is 19.1 Å². The summed E-state index contributed by atoms with van der Waals surface area (Å²) >= 11 is 1.21. The summed E-state index contributed by atoms with van der Waals surface area (Å²) in [5.74, 6) is -1.88. The maximum absolute atomic E-state index is 13.2. The number of rotatable bonds is 3. The van der Waals surface area contributed by atoms with Gasteiger partial charge < -0.3 is 15.2 Å². The van der Waals surface area contributed by atoms with Crippen LogP contribution < -0.4 is 5.32 Å². The molecule has 0 radical (unpaired) electrons. The van der Waals surface area contributed by atoms with E-state index in [4.69, 9.17) is 4.74 Å². The van der Waals surface area contributed by atoms with Gasteiger partial charge in [0.2, 0.25) is 0 Å². The number of benzene rings is 1. The highest BCUT2D eigenvalue weighted by Crippen LogP contribution is 2.28. The van der Waals surface area contributed by atoms with E-state index in [1.165, 1.54) is 23.5 Å². The highest BCUT2D eigenvalue weighted by atomic mass is 32.1. The average molecular weight is 323 g/mol. The normalized spacial score (nSPS) is 17.3. The molecule has 1 aromatic carbocycles. The first-order chi connectivity index (χ1) is 10.5. The van der Waals surface area contributed by atoms with Gasteiger partial charge in [0, 0.05) is 30.8 Å². The third kappa shape index (κ3) is 2.69. The van der Waals surface area contributed by atoms with E-state index in [1.807, 2.05) is 0 Å². The number of thiophene rings is 1. The molecule has 1 saturated heterocycles. The van der Waals surface area contributed by atoms with Crippen molar-refractivity contribution in [3.8, 4) is 0 Å². The van der Waals surface area contributed by atoms with E-state index in [1.54, 1.807) is 12.1 Å². The Bertz CT molecular complexity index is 736. The minimum absolute atomic E-state index is 0.230. The van der Waals surface area contributed by atoms with Gasteiger partial charge in [0.1, 0.15) is 11.4 Å². The Morgan fingerprint density at radius 1 is 1.27 bits per heavy atom. The number of hydrogen-bond acceptors (Lipinski definition) is 4. The van der Waals surface area contributed by atoms with E-state index in [2.05, 4.69) is 5.32 Å². The maximum Gasteiger partial charge on any atom is 0.329 e. The molecule has 1 aromatic heterocycles. The molecule has 1 aliphatic rings. The molecule has 2 aromatic rings. The molecule has 0 bridgehead atoms. The fourth-order valence-corrected chi connectivity index (χ4v) is 3.46. The van der Waals surface area contributed by atoms with Gasteiger partial charge in [-0.25, -0.2) is 9.18 Å². The summed E-state index contributed by atoms with van der Waals surface area (Å²) in [6, 6.07) is 5.86. The zero-order chi connectivity index (χ0) is 15.7. The van der Waals surface area contributed by atoms with Crippen molar-refractivity contribution < 1.29 is 23.8 Å². The van der Waals surface area contributed by atoms with Crippen molar-refractivity contribution in [1.29, 1.82) is 0 Å². The van der Waals surface area contributed by atoms with Crippen LogP contribution in [-0.4, -0.2) is 35.7 Å².